The van der Waals surface area contributed by atoms with Crippen molar-refractivity contribution in [1.29, 1.82) is 0 Å². The summed E-state index contributed by atoms with van der Waals surface area (Å²) in [5.41, 5.74) is 1.49. The lowest BCUT2D eigenvalue weighted by Gasteiger charge is -2.30. The van der Waals surface area contributed by atoms with Crippen molar-refractivity contribution in [2.75, 3.05) is 26.7 Å². The Morgan fingerprint density at radius 1 is 1.23 bits per heavy atom. The summed E-state index contributed by atoms with van der Waals surface area (Å²) in [7, 11) is 2.18. The highest BCUT2D eigenvalue weighted by Crippen LogP contribution is 2.13. The minimum Gasteiger partial charge on any atom is -0.379 e. The minimum atomic E-state index is 1.15. The van der Waals surface area contributed by atoms with Gasteiger partial charge in [-0.15, -0.1) is 0 Å². The second kappa shape index (κ2) is 5.15. The first kappa shape index (κ1) is 10.4. The van der Waals surface area contributed by atoms with Gasteiger partial charge in [-0.25, -0.2) is 0 Å². The van der Waals surface area contributed by atoms with Crippen LogP contribution in [0.15, 0.2) is 11.9 Å². The molecule has 0 N–H and O–H groups in total. The van der Waals surface area contributed by atoms with Crippen LogP contribution in [0.5, 0.6) is 0 Å². The van der Waals surface area contributed by atoms with Crippen LogP contribution < -0.4 is 0 Å². The van der Waals surface area contributed by atoms with E-state index < -0.39 is 0 Å². The lowest BCUT2D eigenvalue weighted by atomic mass is 10.2. The number of hydrogen-bond donors (Lipinski definition) is 0. The number of rotatable bonds is 2. The molecule has 0 aromatic heterocycles. The van der Waals surface area contributed by atoms with Crippen LogP contribution in [0, 0.1) is 0 Å². The topological polar surface area (TPSA) is 6.48 Å². The van der Waals surface area contributed by atoms with E-state index in [2.05, 4.69) is 36.9 Å². The minimum absolute atomic E-state index is 1.15. The lowest BCUT2D eigenvalue weighted by molar-refractivity contribution is 0.298. The predicted molar refractivity (Wildman–Crippen MR) is 57.5 cm³/mol. The van der Waals surface area contributed by atoms with E-state index in [1.54, 1.807) is 0 Å². The fourth-order valence-electron chi connectivity index (χ4n) is 1.88. The zero-order valence-electron chi connectivity index (χ0n) is 9.21. The Balaban J connectivity index is 2.69. The second-order valence-electron chi connectivity index (χ2n) is 3.74. The van der Waals surface area contributed by atoms with Crippen molar-refractivity contribution in [2.45, 2.75) is 33.1 Å². The molecule has 0 spiro atoms. The Morgan fingerprint density at radius 3 is 2.54 bits per heavy atom. The van der Waals surface area contributed by atoms with E-state index in [9.17, 15) is 0 Å². The quantitative estimate of drug-likeness (QED) is 0.646. The molecular weight excluding hydrogens is 160 g/mol. The van der Waals surface area contributed by atoms with Crippen molar-refractivity contribution < 1.29 is 0 Å². The van der Waals surface area contributed by atoms with Crippen LogP contribution in [0.1, 0.15) is 33.1 Å². The molecule has 1 aliphatic rings. The maximum Gasteiger partial charge on any atom is 0.0291 e. The third-order valence-corrected chi connectivity index (χ3v) is 2.71. The highest BCUT2D eigenvalue weighted by molar-refractivity contribution is 5.00. The third-order valence-electron chi connectivity index (χ3n) is 2.71. The van der Waals surface area contributed by atoms with E-state index in [-0.39, 0.29) is 0 Å². The zero-order valence-corrected chi connectivity index (χ0v) is 9.21. The average molecular weight is 182 g/mol. The first-order chi connectivity index (χ1) is 6.27. The van der Waals surface area contributed by atoms with E-state index in [4.69, 9.17) is 0 Å². The van der Waals surface area contributed by atoms with Crippen molar-refractivity contribution in [3.8, 4) is 0 Å². The van der Waals surface area contributed by atoms with Gasteiger partial charge in [-0.05, 0) is 26.2 Å². The second-order valence-corrected chi connectivity index (χ2v) is 3.74. The van der Waals surface area contributed by atoms with E-state index >= 15 is 0 Å². The predicted octanol–water partition coefficient (Wildman–Crippen LogP) is 2.29. The third kappa shape index (κ3) is 2.94. The van der Waals surface area contributed by atoms with Gasteiger partial charge in [-0.1, -0.05) is 6.92 Å². The van der Waals surface area contributed by atoms with Gasteiger partial charge in [0.2, 0.25) is 0 Å². The van der Waals surface area contributed by atoms with Crippen molar-refractivity contribution in [2.24, 2.45) is 0 Å². The molecule has 76 valence electrons. The van der Waals surface area contributed by atoms with Gasteiger partial charge in [0.15, 0.2) is 0 Å². The Hall–Kier alpha value is -0.660. The molecule has 13 heavy (non-hydrogen) atoms. The van der Waals surface area contributed by atoms with Crippen LogP contribution >= 0.6 is 0 Å². The van der Waals surface area contributed by atoms with Gasteiger partial charge in [0.25, 0.3) is 0 Å². The van der Waals surface area contributed by atoms with Crippen LogP contribution in [0.3, 0.4) is 0 Å². The van der Waals surface area contributed by atoms with Gasteiger partial charge in [0.1, 0.15) is 0 Å². The molecule has 0 radical (unpaired) electrons. The molecule has 0 aromatic carbocycles. The Bertz CT molecular complexity index is 175. The van der Waals surface area contributed by atoms with Gasteiger partial charge >= 0.3 is 0 Å². The van der Waals surface area contributed by atoms with Crippen molar-refractivity contribution in [3.05, 3.63) is 11.9 Å². The average Bonchev–Trinajstić information content (AvgIpc) is 2.11. The van der Waals surface area contributed by atoms with E-state index in [0.29, 0.717) is 0 Å². The Kier molecular flexibility index (Phi) is 4.13. The van der Waals surface area contributed by atoms with E-state index in [0.717, 1.165) is 13.0 Å². The van der Waals surface area contributed by atoms with Crippen molar-refractivity contribution >= 4 is 0 Å². The van der Waals surface area contributed by atoms with Gasteiger partial charge in [0, 0.05) is 38.6 Å². The van der Waals surface area contributed by atoms with Gasteiger partial charge in [-0.3, -0.25) is 0 Å². The molecule has 0 bridgehead atoms. The molecule has 1 aliphatic heterocycles. The summed E-state index contributed by atoms with van der Waals surface area (Å²) >= 11 is 0. The SMILES string of the molecule is CCC1=CN(C)CCCCN1CC. The molecule has 0 saturated carbocycles. The highest BCUT2D eigenvalue weighted by atomic mass is 15.2. The fraction of sp³-hybridized carbons (Fsp3) is 0.818. The van der Waals surface area contributed by atoms with Crippen LogP contribution in [0.25, 0.3) is 0 Å². The molecule has 0 amide bonds. The molecule has 0 saturated heterocycles. The van der Waals surface area contributed by atoms with Gasteiger partial charge in [-0.2, -0.15) is 0 Å². The summed E-state index contributed by atoms with van der Waals surface area (Å²) < 4.78 is 0. The van der Waals surface area contributed by atoms with E-state index in [1.807, 2.05) is 0 Å². The number of allylic oxidation sites excluding steroid dienone is 1. The first-order valence-electron chi connectivity index (χ1n) is 5.43. The molecule has 1 rings (SSSR count). The van der Waals surface area contributed by atoms with Crippen LogP contribution in [0.2, 0.25) is 0 Å². The van der Waals surface area contributed by atoms with Crippen LogP contribution in [0.4, 0.5) is 0 Å². The first-order valence-corrected chi connectivity index (χ1v) is 5.43. The summed E-state index contributed by atoms with van der Waals surface area (Å²) in [6.45, 7) is 8.08. The molecular formula is C11H22N2. The highest BCUT2D eigenvalue weighted by Gasteiger charge is 2.09. The molecule has 0 aromatic rings. The Labute approximate surface area is 82.2 Å². The largest absolute Gasteiger partial charge is 0.379 e. The van der Waals surface area contributed by atoms with E-state index in [1.165, 1.54) is 31.6 Å². The molecule has 0 atom stereocenters. The van der Waals surface area contributed by atoms with Crippen LogP contribution in [-0.2, 0) is 0 Å². The number of nitrogens with zero attached hydrogens (tertiary/aromatic N) is 2. The van der Waals surface area contributed by atoms with Crippen molar-refractivity contribution in [1.82, 2.24) is 9.80 Å². The maximum atomic E-state index is 2.50. The lowest BCUT2D eigenvalue weighted by Crippen LogP contribution is -2.29. The summed E-state index contributed by atoms with van der Waals surface area (Å²) in [5, 5.41) is 0. The van der Waals surface area contributed by atoms with Crippen LogP contribution in [-0.4, -0.2) is 36.5 Å². The summed E-state index contributed by atoms with van der Waals surface area (Å²) in [6, 6.07) is 0. The molecule has 0 fully saturated rings. The molecule has 1 heterocycles. The molecule has 2 nitrogen and oxygen atoms in total. The van der Waals surface area contributed by atoms with Gasteiger partial charge in [0.05, 0.1) is 0 Å². The smallest absolute Gasteiger partial charge is 0.0291 e. The normalized spacial score (nSPS) is 19.5. The summed E-state index contributed by atoms with van der Waals surface area (Å²) in [5.74, 6) is 0. The zero-order chi connectivity index (χ0) is 9.68. The molecule has 0 unspecified atom stereocenters. The monoisotopic (exact) mass is 182 g/mol. The standard InChI is InChI=1S/C11H22N2/c1-4-11-10-12(3)8-6-7-9-13(11)5-2/h10H,4-9H2,1-3H3. The van der Waals surface area contributed by atoms with Gasteiger partial charge < -0.3 is 9.80 Å². The summed E-state index contributed by atoms with van der Waals surface area (Å²) in [6.07, 6.45) is 6.11. The van der Waals surface area contributed by atoms with Crippen molar-refractivity contribution in [3.63, 3.8) is 0 Å². The maximum absolute atomic E-state index is 2.50. The molecule has 2 heteroatoms. The Morgan fingerprint density at radius 2 is 1.92 bits per heavy atom. The fourth-order valence-corrected chi connectivity index (χ4v) is 1.88. The summed E-state index contributed by atoms with van der Waals surface area (Å²) in [4.78, 5) is 4.82. The number of hydrogen-bond acceptors (Lipinski definition) is 2. The molecule has 0 aliphatic carbocycles.